The summed E-state index contributed by atoms with van der Waals surface area (Å²) in [5, 5.41) is 3.69. The van der Waals surface area contributed by atoms with Crippen LogP contribution in [0.1, 0.15) is 29.6 Å². The first kappa shape index (κ1) is 21.5. The molecule has 7 heteroatoms. The molecule has 2 aliphatic rings. The number of ether oxygens (including phenoxy) is 1. The van der Waals surface area contributed by atoms with E-state index < -0.39 is 0 Å². The summed E-state index contributed by atoms with van der Waals surface area (Å²) in [6.45, 7) is 5.27. The van der Waals surface area contributed by atoms with Gasteiger partial charge in [0.15, 0.2) is 5.84 Å². The topological polar surface area (TPSA) is 54.3 Å². The van der Waals surface area contributed by atoms with Gasteiger partial charge in [0.1, 0.15) is 17.5 Å². The number of benzene rings is 2. The highest BCUT2D eigenvalue weighted by Gasteiger charge is 2.30. The highest BCUT2D eigenvalue weighted by Crippen LogP contribution is 2.43. The summed E-state index contributed by atoms with van der Waals surface area (Å²) in [5.74, 6) is 1.97. The molecule has 32 heavy (non-hydrogen) atoms. The number of methoxy groups -OCH3 is 1. The predicted octanol–water partition coefficient (Wildman–Crippen LogP) is 4.14. The average Bonchev–Trinajstić information content (AvgIpc) is 3.18. The van der Waals surface area contributed by atoms with E-state index in [1.165, 1.54) is 19.7 Å². The van der Waals surface area contributed by atoms with Crippen molar-refractivity contribution in [3.05, 3.63) is 64.8 Å². The summed E-state index contributed by atoms with van der Waals surface area (Å²) in [7, 11) is 1.71. The number of hydrogen-bond acceptors (Lipinski definition) is 6. The van der Waals surface area contributed by atoms with Gasteiger partial charge in [-0.05, 0) is 42.7 Å². The molecule has 1 atom stereocenters. The van der Waals surface area contributed by atoms with E-state index in [9.17, 15) is 0 Å². The predicted molar refractivity (Wildman–Crippen MR) is 132 cm³/mol. The summed E-state index contributed by atoms with van der Waals surface area (Å²) in [5.41, 5.74) is 3.49. The van der Waals surface area contributed by atoms with Gasteiger partial charge in [-0.15, -0.1) is 11.3 Å². The molecule has 3 aromatic rings. The Morgan fingerprint density at radius 2 is 2.00 bits per heavy atom. The zero-order chi connectivity index (χ0) is 21.9. The standard InChI is InChI=1S/C25H28N4OS2/c1-3-22-28-23-24(27-20-6-4-5-7-21(20)31-25(23)32-22)29-15-14-26-18(16-29)11-8-17-9-12-19(30-2)13-10-17/h4-7,9-10,12-13,18,26H,3,8,11,14-16H2,1-2H3/p+1. The molecule has 1 aromatic heterocycles. The molecule has 0 bridgehead atoms. The molecule has 1 saturated heterocycles. The number of nitrogens with two attached hydrogens (primary N) is 1. The third-order valence-electron chi connectivity index (χ3n) is 6.07. The molecule has 0 spiro atoms. The molecule has 1 unspecified atom stereocenters. The van der Waals surface area contributed by atoms with Crippen molar-refractivity contribution in [2.75, 3.05) is 26.7 Å². The Balaban J connectivity index is 1.36. The SMILES string of the molecule is CCc1nc2c(s1)Sc1ccccc1N=C2N1CC[NH2+]C(CCc2ccc(OC)cc2)C1. The number of nitrogens with zero attached hydrogens (tertiary/aromatic N) is 3. The maximum absolute atomic E-state index is 5.29. The fraction of sp³-hybridized carbons (Fsp3) is 0.360. The van der Waals surface area contributed by atoms with E-state index in [-0.39, 0.29) is 0 Å². The minimum atomic E-state index is 0.549. The molecule has 1 fully saturated rings. The van der Waals surface area contributed by atoms with E-state index in [4.69, 9.17) is 14.7 Å². The lowest BCUT2D eigenvalue weighted by molar-refractivity contribution is -0.697. The first-order valence-electron chi connectivity index (χ1n) is 11.3. The Morgan fingerprint density at radius 3 is 2.81 bits per heavy atom. The van der Waals surface area contributed by atoms with Gasteiger partial charge in [0, 0.05) is 11.3 Å². The lowest BCUT2D eigenvalue weighted by atomic mass is 10.0. The molecule has 0 radical (unpaired) electrons. The summed E-state index contributed by atoms with van der Waals surface area (Å²) >= 11 is 3.63. The maximum Gasteiger partial charge on any atom is 0.157 e. The molecule has 5 rings (SSSR count). The fourth-order valence-corrected chi connectivity index (χ4v) is 6.55. The largest absolute Gasteiger partial charge is 0.497 e. The van der Waals surface area contributed by atoms with Crippen molar-refractivity contribution < 1.29 is 10.1 Å². The van der Waals surface area contributed by atoms with Crippen molar-refractivity contribution in [2.24, 2.45) is 4.99 Å². The lowest BCUT2D eigenvalue weighted by Gasteiger charge is -2.33. The van der Waals surface area contributed by atoms with Crippen LogP contribution in [0.25, 0.3) is 0 Å². The first-order chi connectivity index (χ1) is 15.7. The van der Waals surface area contributed by atoms with Crippen LogP contribution in [0.3, 0.4) is 0 Å². The molecule has 166 valence electrons. The van der Waals surface area contributed by atoms with Crippen molar-refractivity contribution in [2.45, 2.75) is 41.3 Å². The third kappa shape index (κ3) is 4.56. The van der Waals surface area contributed by atoms with Crippen LogP contribution in [0.4, 0.5) is 5.69 Å². The van der Waals surface area contributed by atoms with E-state index in [2.05, 4.69) is 65.7 Å². The third-order valence-corrected chi connectivity index (χ3v) is 8.50. The Bertz CT molecular complexity index is 1110. The number of aromatic nitrogens is 1. The second kappa shape index (κ2) is 9.65. The number of piperazine rings is 1. The van der Waals surface area contributed by atoms with Gasteiger partial charge in [-0.3, -0.25) is 0 Å². The Hall–Kier alpha value is -2.35. The quantitative estimate of drug-likeness (QED) is 0.615. The molecule has 0 saturated carbocycles. The summed E-state index contributed by atoms with van der Waals surface area (Å²) in [4.78, 5) is 13.9. The first-order valence-corrected chi connectivity index (χ1v) is 12.9. The van der Waals surface area contributed by atoms with Crippen molar-refractivity contribution in [1.29, 1.82) is 0 Å². The Kier molecular flexibility index (Phi) is 6.48. The zero-order valence-electron chi connectivity index (χ0n) is 18.6. The average molecular weight is 466 g/mol. The van der Waals surface area contributed by atoms with Crippen molar-refractivity contribution >= 4 is 34.6 Å². The van der Waals surface area contributed by atoms with Crippen LogP contribution < -0.4 is 10.1 Å². The molecule has 5 nitrogen and oxygen atoms in total. The van der Waals surface area contributed by atoms with Crippen LogP contribution >= 0.6 is 23.1 Å². The van der Waals surface area contributed by atoms with Crippen LogP contribution in [0, 0.1) is 0 Å². The number of quaternary nitrogens is 1. The van der Waals surface area contributed by atoms with E-state index in [0.717, 1.165) is 61.9 Å². The fourth-order valence-electron chi connectivity index (χ4n) is 4.29. The van der Waals surface area contributed by atoms with Gasteiger partial charge >= 0.3 is 0 Å². The Labute approximate surface area is 197 Å². The van der Waals surface area contributed by atoms with Gasteiger partial charge in [0.25, 0.3) is 0 Å². The van der Waals surface area contributed by atoms with Gasteiger partial charge in [-0.25, -0.2) is 9.98 Å². The van der Waals surface area contributed by atoms with Crippen LogP contribution in [0.5, 0.6) is 5.75 Å². The monoisotopic (exact) mass is 465 g/mol. The maximum atomic E-state index is 5.29. The van der Waals surface area contributed by atoms with Gasteiger partial charge in [-0.2, -0.15) is 0 Å². The number of amidine groups is 1. The van der Waals surface area contributed by atoms with Crippen molar-refractivity contribution in [3.8, 4) is 5.75 Å². The zero-order valence-corrected chi connectivity index (χ0v) is 20.2. The van der Waals surface area contributed by atoms with Gasteiger partial charge in [0.2, 0.25) is 0 Å². The number of rotatable bonds is 5. The molecule has 0 amide bonds. The van der Waals surface area contributed by atoms with Crippen LogP contribution in [-0.2, 0) is 12.8 Å². The Morgan fingerprint density at radius 1 is 1.16 bits per heavy atom. The molecule has 3 heterocycles. The normalized spacial score (nSPS) is 17.9. The van der Waals surface area contributed by atoms with E-state index in [1.54, 1.807) is 7.11 Å². The highest BCUT2D eigenvalue weighted by molar-refractivity contribution is 8.01. The molecular weight excluding hydrogens is 436 g/mol. The van der Waals surface area contributed by atoms with E-state index in [0.29, 0.717) is 6.04 Å². The van der Waals surface area contributed by atoms with Crippen LogP contribution in [0.2, 0.25) is 0 Å². The second-order valence-corrected chi connectivity index (χ2v) is 10.6. The van der Waals surface area contributed by atoms with Crippen molar-refractivity contribution in [1.82, 2.24) is 9.88 Å². The summed E-state index contributed by atoms with van der Waals surface area (Å²) in [6.07, 6.45) is 3.18. The molecule has 0 aliphatic carbocycles. The van der Waals surface area contributed by atoms with Gasteiger partial charge in [-0.1, -0.05) is 43.0 Å². The summed E-state index contributed by atoms with van der Waals surface area (Å²) in [6, 6.07) is 17.5. The minimum Gasteiger partial charge on any atom is -0.497 e. The number of para-hydroxylation sites is 1. The number of hydrogen-bond donors (Lipinski definition) is 1. The minimum absolute atomic E-state index is 0.549. The summed E-state index contributed by atoms with van der Waals surface area (Å²) < 4.78 is 6.56. The lowest BCUT2D eigenvalue weighted by Crippen LogP contribution is -2.95. The molecular formula is C25H29N4OS2+. The van der Waals surface area contributed by atoms with E-state index >= 15 is 0 Å². The number of aryl methyl sites for hydroxylation is 2. The molecule has 2 aromatic carbocycles. The van der Waals surface area contributed by atoms with Crippen LogP contribution in [0.15, 0.2) is 62.6 Å². The number of fused-ring (bicyclic) bond motifs is 2. The molecule has 2 aliphatic heterocycles. The number of thiazole rings is 1. The molecule has 2 N–H and O–H groups in total. The highest BCUT2D eigenvalue weighted by atomic mass is 32.2. The number of aliphatic imine (C=N–C) groups is 1. The van der Waals surface area contributed by atoms with Gasteiger partial charge < -0.3 is 15.0 Å². The van der Waals surface area contributed by atoms with Crippen molar-refractivity contribution in [3.63, 3.8) is 0 Å². The second-order valence-electron chi connectivity index (χ2n) is 8.22. The smallest absolute Gasteiger partial charge is 0.157 e. The van der Waals surface area contributed by atoms with E-state index in [1.807, 2.05) is 23.1 Å². The van der Waals surface area contributed by atoms with Crippen LogP contribution in [-0.4, -0.2) is 48.5 Å². The van der Waals surface area contributed by atoms with Gasteiger partial charge in [0.05, 0.1) is 41.6 Å².